The zero-order valence-corrected chi connectivity index (χ0v) is 11.8. The smallest absolute Gasteiger partial charge is 0.173 e. The normalized spacial score (nSPS) is 11.1. The molecule has 1 aromatic heterocycles. The van der Waals surface area contributed by atoms with E-state index in [2.05, 4.69) is 15.5 Å². The van der Waals surface area contributed by atoms with E-state index in [1.807, 2.05) is 67.7 Å². The number of fused-ring (bicyclic) bond motifs is 1. The summed E-state index contributed by atoms with van der Waals surface area (Å²) in [6.45, 7) is 2.04. The van der Waals surface area contributed by atoms with E-state index < -0.39 is 0 Å². The predicted molar refractivity (Wildman–Crippen MR) is 87.4 cm³/mol. The molecule has 0 saturated heterocycles. The van der Waals surface area contributed by atoms with Crippen LogP contribution in [0.2, 0.25) is 0 Å². The first-order valence-electron chi connectivity index (χ1n) is 6.98. The first-order chi connectivity index (χ1) is 10.4. The zero-order chi connectivity index (χ0) is 14.5. The molecule has 3 rings (SSSR count). The van der Waals surface area contributed by atoms with Crippen molar-refractivity contribution >= 4 is 23.1 Å². The Morgan fingerprint density at radius 1 is 0.952 bits per heavy atom. The van der Waals surface area contributed by atoms with E-state index in [1.165, 1.54) is 0 Å². The number of nitrogens with zero attached hydrogens (tertiary/aromatic N) is 3. The van der Waals surface area contributed by atoms with Gasteiger partial charge in [0, 0.05) is 11.8 Å². The highest BCUT2D eigenvalue weighted by Crippen LogP contribution is 2.26. The van der Waals surface area contributed by atoms with Crippen LogP contribution >= 0.6 is 0 Å². The number of aromatic nitrogens is 2. The summed E-state index contributed by atoms with van der Waals surface area (Å²) in [4.78, 5) is 9.36. The first-order valence-corrected chi connectivity index (χ1v) is 6.98. The average Bonchev–Trinajstić information content (AvgIpc) is 2.55. The molecule has 0 aliphatic carbocycles. The quantitative estimate of drug-likeness (QED) is 0.576. The Labute approximate surface area is 123 Å². The maximum atomic E-state index is 4.73. The molecule has 0 amide bonds. The van der Waals surface area contributed by atoms with E-state index >= 15 is 0 Å². The molecule has 0 atom stereocenters. The minimum absolute atomic E-state index is 0.671. The molecule has 4 nitrogen and oxygen atoms in total. The minimum atomic E-state index is 0.671. The summed E-state index contributed by atoms with van der Waals surface area (Å²) in [6.07, 6.45) is 2.68. The van der Waals surface area contributed by atoms with Gasteiger partial charge in [0.25, 0.3) is 0 Å². The van der Waals surface area contributed by atoms with Gasteiger partial charge in [0.15, 0.2) is 5.82 Å². The maximum absolute atomic E-state index is 4.73. The van der Waals surface area contributed by atoms with Crippen molar-refractivity contribution in [3.8, 4) is 11.3 Å². The molecule has 0 fully saturated rings. The topological polar surface area (TPSA) is 50.2 Å². The number of benzene rings is 2. The Kier molecular flexibility index (Phi) is 3.87. The Morgan fingerprint density at radius 3 is 2.33 bits per heavy atom. The van der Waals surface area contributed by atoms with E-state index in [9.17, 15) is 0 Å². The molecule has 2 aromatic carbocycles. The zero-order valence-electron chi connectivity index (χ0n) is 11.8. The van der Waals surface area contributed by atoms with Gasteiger partial charge in [0.1, 0.15) is 5.69 Å². The maximum Gasteiger partial charge on any atom is 0.173 e. The summed E-state index contributed by atoms with van der Waals surface area (Å²) in [5, 5.41) is 4.18. The second-order valence-corrected chi connectivity index (χ2v) is 4.61. The van der Waals surface area contributed by atoms with Gasteiger partial charge in [-0.2, -0.15) is 5.10 Å². The van der Waals surface area contributed by atoms with E-state index in [-0.39, 0.29) is 0 Å². The summed E-state index contributed by atoms with van der Waals surface area (Å²) in [7, 11) is 0. The molecule has 3 aromatic rings. The van der Waals surface area contributed by atoms with Gasteiger partial charge in [0.05, 0.1) is 11.0 Å². The Hall–Kier alpha value is -2.75. The second kappa shape index (κ2) is 6.13. The summed E-state index contributed by atoms with van der Waals surface area (Å²) in [5.41, 5.74) is 6.56. The summed E-state index contributed by atoms with van der Waals surface area (Å²) < 4.78 is 0. The molecule has 0 radical (unpaired) electrons. The molecule has 21 heavy (non-hydrogen) atoms. The number of rotatable bonds is 4. The number of hydrogen-bond donors (Lipinski definition) is 1. The standard InChI is InChI=1S/C17H16N4/c1-2-12-18-21-17-16(13-8-4-3-5-9-13)19-14-10-6-7-11-15(14)20-17/h3-12H,2H2,1H3,(H,20,21). The summed E-state index contributed by atoms with van der Waals surface area (Å²) >= 11 is 0. The van der Waals surface area contributed by atoms with Crippen molar-refractivity contribution in [1.82, 2.24) is 9.97 Å². The van der Waals surface area contributed by atoms with Crippen LogP contribution in [0.5, 0.6) is 0 Å². The van der Waals surface area contributed by atoms with Crippen molar-refractivity contribution in [2.24, 2.45) is 5.10 Å². The minimum Gasteiger partial charge on any atom is -0.260 e. The highest BCUT2D eigenvalue weighted by Gasteiger charge is 2.10. The molecule has 0 aliphatic heterocycles. The van der Waals surface area contributed by atoms with Crippen molar-refractivity contribution < 1.29 is 0 Å². The number of nitrogens with one attached hydrogen (secondary N) is 1. The third kappa shape index (κ3) is 2.89. The highest BCUT2D eigenvalue weighted by atomic mass is 15.3. The molecule has 0 aliphatic rings. The van der Waals surface area contributed by atoms with Gasteiger partial charge < -0.3 is 0 Å². The molecule has 0 spiro atoms. The van der Waals surface area contributed by atoms with Gasteiger partial charge in [0.2, 0.25) is 0 Å². The lowest BCUT2D eigenvalue weighted by molar-refractivity contribution is 1.20. The van der Waals surface area contributed by atoms with Crippen molar-refractivity contribution in [2.75, 3.05) is 5.43 Å². The fraction of sp³-hybridized carbons (Fsp3) is 0.118. The molecule has 1 heterocycles. The second-order valence-electron chi connectivity index (χ2n) is 4.61. The number of para-hydroxylation sites is 2. The SMILES string of the molecule is CCC=NNc1nc2ccccc2nc1-c1ccccc1. The van der Waals surface area contributed by atoms with Crippen molar-refractivity contribution in [2.45, 2.75) is 13.3 Å². The third-order valence-electron chi connectivity index (χ3n) is 3.06. The van der Waals surface area contributed by atoms with Crippen LogP contribution in [0.4, 0.5) is 5.82 Å². The van der Waals surface area contributed by atoms with E-state index in [0.717, 1.165) is 28.7 Å². The van der Waals surface area contributed by atoms with E-state index in [4.69, 9.17) is 4.98 Å². The highest BCUT2D eigenvalue weighted by molar-refractivity contribution is 5.83. The van der Waals surface area contributed by atoms with Crippen molar-refractivity contribution in [3.05, 3.63) is 54.6 Å². The molecule has 4 heteroatoms. The molecule has 104 valence electrons. The molecule has 0 bridgehead atoms. The predicted octanol–water partition coefficient (Wildman–Crippen LogP) is 4.10. The van der Waals surface area contributed by atoms with Crippen LogP contribution in [0, 0.1) is 0 Å². The monoisotopic (exact) mass is 276 g/mol. The van der Waals surface area contributed by atoms with Gasteiger partial charge in [-0.1, -0.05) is 49.4 Å². The van der Waals surface area contributed by atoms with Gasteiger partial charge in [-0.15, -0.1) is 0 Å². The lowest BCUT2D eigenvalue weighted by atomic mass is 10.1. The lowest BCUT2D eigenvalue weighted by Gasteiger charge is -2.09. The Morgan fingerprint density at radius 2 is 1.62 bits per heavy atom. The van der Waals surface area contributed by atoms with Gasteiger partial charge in [-0.25, -0.2) is 9.97 Å². The van der Waals surface area contributed by atoms with Crippen LogP contribution < -0.4 is 5.43 Å². The van der Waals surface area contributed by atoms with Gasteiger partial charge in [-0.3, -0.25) is 5.43 Å². The molecular formula is C17H16N4. The Balaban J connectivity index is 2.14. The largest absolute Gasteiger partial charge is 0.260 e. The van der Waals surface area contributed by atoms with Crippen molar-refractivity contribution in [3.63, 3.8) is 0 Å². The number of anilines is 1. The number of hydrazone groups is 1. The third-order valence-corrected chi connectivity index (χ3v) is 3.06. The van der Waals surface area contributed by atoms with E-state index in [1.54, 1.807) is 0 Å². The fourth-order valence-electron chi connectivity index (χ4n) is 2.07. The summed E-state index contributed by atoms with van der Waals surface area (Å²) in [5.74, 6) is 0.671. The van der Waals surface area contributed by atoms with E-state index in [0.29, 0.717) is 5.82 Å². The van der Waals surface area contributed by atoms with Crippen LogP contribution in [0.1, 0.15) is 13.3 Å². The van der Waals surface area contributed by atoms with Crippen LogP contribution in [-0.2, 0) is 0 Å². The first kappa shape index (κ1) is 13.2. The molecule has 0 unspecified atom stereocenters. The average molecular weight is 276 g/mol. The van der Waals surface area contributed by atoms with Crippen LogP contribution in [0.25, 0.3) is 22.3 Å². The summed E-state index contributed by atoms with van der Waals surface area (Å²) in [6, 6.07) is 17.9. The van der Waals surface area contributed by atoms with Crippen molar-refractivity contribution in [1.29, 1.82) is 0 Å². The molecule has 1 N–H and O–H groups in total. The van der Waals surface area contributed by atoms with Gasteiger partial charge >= 0.3 is 0 Å². The van der Waals surface area contributed by atoms with Crippen LogP contribution in [-0.4, -0.2) is 16.2 Å². The van der Waals surface area contributed by atoms with Crippen LogP contribution in [0.15, 0.2) is 59.7 Å². The molecular weight excluding hydrogens is 260 g/mol. The van der Waals surface area contributed by atoms with Crippen LogP contribution in [0.3, 0.4) is 0 Å². The fourth-order valence-corrected chi connectivity index (χ4v) is 2.07. The lowest BCUT2D eigenvalue weighted by Crippen LogP contribution is -1.99. The molecule has 0 saturated carbocycles. The van der Waals surface area contributed by atoms with Gasteiger partial charge in [-0.05, 0) is 18.6 Å². The number of hydrogen-bond acceptors (Lipinski definition) is 4. The Bertz CT molecular complexity index is 766.